The molecule has 0 spiro atoms. The van der Waals surface area contributed by atoms with Gasteiger partial charge < -0.3 is 34.1 Å². The summed E-state index contributed by atoms with van der Waals surface area (Å²) < 4.78 is 22.4. The Hall–Kier alpha value is -1.77. The van der Waals surface area contributed by atoms with Crippen LogP contribution in [0.5, 0.6) is 0 Å². The molecule has 0 saturated carbocycles. The summed E-state index contributed by atoms with van der Waals surface area (Å²) >= 11 is 0. The van der Waals surface area contributed by atoms with Crippen molar-refractivity contribution in [1.29, 1.82) is 0 Å². The molecule has 1 atom stereocenters. The van der Waals surface area contributed by atoms with Gasteiger partial charge in [-0.2, -0.15) is 9.59 Å². The molecule has 45 heavy (non-hydrogen) atoms. The fourth-order valence-electron chi connectivity index (χ4n) is 2.48. The second kappa shape index (κ2) is 22.7. The highest BCUT2D eigenvalue weighted by atomic mass is 28.4. The molecule has 0 aromatic carbocycles. The number of rotatable bonds is 11. The second-order valence-electron chi connectivity index (χ2n) is 15.4. The van der Waals surface area contributed by atoms with E-state index in [9.17, 15) is 14.7 Å². The zero-order chi connectivity index (χ0) is 34.9. The van der Waals surface area contributed by atoms with Crippen LogP contribution < -0.4 is 10.6 Å². The van der Waals surface area contributed by atoms with Crippen LogP contribution in [0, 0.1) is 0 Å². The maximum absolute atomic E-state index is 11.7. The van der Waals surface area contributed by atoms with Gasteiger partial charge in [0.2, 0.25) is 0 Å². The van der Waals surface area contributed by atoms with Crippen LogP contribution in [-0.4, -0.2) is 83.7 Å². The molecule has 2 amide bonds. The normalized spacial score (nSPS) is 12.6. The molecule has 11 nitrogen and oxygen atoms in total. The van der Waals surface area contributed by atoms with E-state index in [0.29, 0.717) is 26.2 Å². The minimum absolute atomic E-state index is 0. The van der Waals surface area contributed by atoms with Crippen LogP contribution in [0.4, 0.5) is 9.59 Å². The molecular formula is C32H72N2O9Si2. The molecule has 0 saturated heterocycles. The van der Waals surface area contributed by atoms with Crippen molar-refractivity contribution in [3.63, 3.8) is 0 Å². The number of hydrogen-bond donors (Lipinski definition) is 3. The van der Waals surface area contributed by atoms with Crippen LogP contribution in [0.2, 0.25) is 36.3 Å². The number of nitrogens with one attached hydrogen (secondary N) is 2. The van der Waals surface area contributed by atoms with Gasteiger partial charge >= 0.3 is 18.3 Å². The summed E-state index contributed by atoms with van der Waals surface area (Å²) in [5.41, 5.74) is -0.983. The van der Waals surface area contributed by atoms with Gasteiger partial charge in [-0.25, -0.2) is 9.59 Å². The first-order valence-electron chi connectivity index (χ1n) is 14.9. The van der Waals surface area contributed by atoms with E-state index in [0.717, 1.165) is 6.42 Å². The fourth-order valence-corrected chi connectivity index (χ4v) is 4.63. The van der Waals surface area contributed by atoms with E-state index in [4.69, 9.17) is 27.9 Å². The Morgan fingerprint density at radius 2 is 1.07 bits per heavy atom. The Morgan fingerprint density at radius 1 is 0.711 bits per heavy atom. The average molecular weight is 685 g/mol. The average Bonchev–Trinajstić information content (AvgIpc) is 2.75. The van der Waals surface area contributed by atoms with E-state index in [-0.39, 0.29) is 49.8 Å². The molecule has 0 radical (unpaired) electrons. The van der Waals surface area contributed by atoms with E-state index >= 15 is 0 Å². The number of amides is 2. The molecule has 0 unspecified atom stereocenters. The fraction of sp³-hybridized carbons (Fsp3) is 0.906. The molecular weight excluding hydrogens is 613 g/mol. The minimum Gasteiger partial charge on any atom is -0.444 e. The summed E-state index contributed by atoms with van der Waals surface area (Å²) in [4.78, 5) is 39.3. The topological polar surface area (TPSA) is 149 Å². The van der Waals surface area contributed by atoms with Crippen molar-refractivity contribution >= 4 is 35.0 Å². The van der Waals surface area contributed by atoms with Crippen LogP contribution in [-0.2, 0) is 27.9 Å². The summed E-state index contributed by atoms with van der Waals surface area (Å²) in [5.74, 6) is 0. The molecule has 272 valence electrons. The van der Waals surface area contributed by atoms with Gasteiger partial charge in [-0.3, -0.25) is 0 Å². The largest absolute Gasteiger partial charge is 0.444 e. The number of hydrogen-bond acceptors (Lipinski definition) is 9. The van der Waals surface area contributed by atoms with Crippen LogP contribution in [0.25, 0.3) is 0 Å². The maximum atomic E-state index is 11.7. The first-order valence-corrected chi connectivity index (χ1v) is 20.7. The number of carbonyl (C=O) groups excluding carboxylic acids is 4. The van der Waals surface area contributed by atoms with E-state index in [2.05, 4.69) is 78.4 Å². The zero-order valence-corrected chi connectivity index (χ0v) is 32.0. The molecule has 0 aliphatic carbocycles. The van der Waals surface area contributed by atoms with Crippen molar-refractivity contribution in [2.24, 2.45) is 0 Å². The molecule has 0 aromatic heterocycles. The highest BCUT2D eigenvalue weighted by Crippen LogP contribution is 2.37. The number of ether oxygens (including phenoxy) is 2. The highest BCUT2D eigenvalue weighted by Gasteiger charge is 2.37. The number of aliphatic hydroxyl groups is 1. The molecule has 3 N–H and O–H groups in total. The van der Waals surface area contributed by atoms with Crippen LogP contribution in [0.1, 0.15) is 111 Å². The van der Waals surface area contributed by atoms with Gasteiger partial charge in [0, 0.05) is 19.8 Å². The summed E-state index contributed by atoms with van der Waals surface area (Å²) in [6.45, 7) is 34.7. The summed E-state index contributed by atoms with van der Waals surface area (Å²) in [6, 6.07) is -0.343. The predicted octanol–water partition coefficient (Wildman–Crippen LogP) is 7.90. The van der Waals surface area contributed by atoms with Crippen LogP contribution in [0.15, 0.2) is 0 Å². The van der Waals surface area contributed by atoms with Gasteiger partial charge in [0.25, 0.3) is 0 Å². The molecule has 13 heteroatoms. The Bertz CT molecular complexity index is 834. The van der Waals surface area contributed by atoms with Gasteiger partial charge in [0.1, 0.15) is 11.2 Å². The van der Waals surface area contributed by atoms with Crippen molar-refractivity contribution in [2.75, 3.05) is 26.4 Å². The number of aliphatic hydroxyl groups excluding tert-OH is 1. The molecule has 0 aliphatic heterocycles. The SMILES string of the molecule is C.C.CC(C)(C)OC(=O)NCCCO[Si](C)(C)C(C)(C)C.CC(C)(C)OC(=O)N[C@H](CO)CCO[Si](C)(C)C(C)(C)C.O=C=O. The maximum Gasteiger partial charge on any atom is 0.407 e. The van der Waals surface area contributed by atoms with Crippen molar-refractivity contribution in [3.8, 4) is 0 Å². The first-order chi connectivity index (χ1) is 19.0. The van der Waals surface area contributed by atoms with Gasteiger partial charge in [0.05, 0.1) is 12.6 Å². The molecule has 0 heterocycles. The van der Waals surface area contributed by atoms with Gasteiger partial charge in [0.15, 0.2) is 16.6 Å². The minimum atomic E-state index is -1.79. The van der Waals surface area contributed by atoms with E-state index in [1.807, 2.05) is 20.8 Å². The van der Waals surface area contributed by atoms with E-state index in [1.54, 1.807) is 20.8 Å². The third-order valence-corrected chi connectivity index (χ3v) is 16.0. The Kier molecular flexibility index (Phi) is 26.6. The van der Waals surface area contributed by atoms with Gasteiger partial charge in [-0.1, -0.05) is 56.4 Å². The van der Waals surface area contributed by atoms with Crippen molar-refractivity contribution in [2.45, 2.75) is 164 Å². The molecule has 0 aromatic rings. The lowest BCUT2D eigenvalue weighted by Crippen LogP contribution is -2.44. The first kappa shape index (κ1) is 52.8. The van der Waals surface area contributed by atoms with Crippen molar-refractivity contribution < 1.29 is 42.6 Å². The van der Waals surface area contributed by atoms with Gasteiger partial charge in [-0.05, 0) is 90.6 Å². The lowest BCUT2D eigenvalue weighted by Gasteiger charge is -2.36. The predicted molar refractivity (Wildman–Crippen MR) is 188 cm³/mol. The standard InChI is InChI=1S/C15H33NO4Si.C14H31NO3Si.CO2.2CH4/c1-14(2,3)20-13(18)16-12(11-17)9-10-19-21(7,8)15(4,5)6;1-13(2,3)18-12(16)15-10-9-11-17-19(7,8)14(4,5)6;2-1-3;;/h12,17H,9-11H2,1-8H3,(H,16,18);9-11H2,1-8H3,(H,15,16);;2*1H4/t12-;;;;/m0..../s1. The Labute approximate surface area is 278 Å². The Morgan fingerprint density at radius 3 is 1.40 bits per heavy atom. The van der Waals surface area contributed by atoms with Crippen molar-refractivity contribution in [1.82, 2.24) is 10.6 Å². The molecule has 0 rings (SSSR count). The number of alkyl carbamates (subject to hydrolysis) is 2. The van der Waals surface area contributed by atoms with E-state index in [1.165, 1.54) is 0 Å². The second-order valence-corrected chi connectivity index (χ2v) is 25.0. The molecule has 0 fully saturated rings. The summed E-state index contributed by atoms with van der Waals surface area (Å²) in [6.07, 6.45) is 0.766. The lowest BCUT2D eigenvalue weighted by molar-refractivity contribution is -0.191. The monoisotopic (exact) mass is 684 g/mol. The smallest absolute Gasteiger partial charge is 0.407 e. The Balaban J connectivity index is -0.000000210. The molecule has 0 aliphatic rings. The highest BCUT2D eigenvalue weighted by molar-refractivity contribution is 6.74. The summed E-state index contributed by atoms with van der Waals surface area (Å²) in [5, 5.41) is 15.1. The zero-order valence-electron chi connectivity index (χ0n) is 30.0. The third kappa shape index (κ3) is 29.4. The quantitative estimate of drug-likeness (QED) is 0.146. The van der Waals surface area contributed by atoms with E-state index < -0.39 is 33.9 Å². The lowest BCUT2D eigenvalue weighted by atomic mass is 10.2. The number of carbonyl (C=O) groups is 2. The van der Waals surface area contributed by atoms with Crippen LogP contribution >= 0.6 is 0 Å². The van der Waals surface area contributed by atoms with Crippen molar-refractivity contribution in [3.05, 3.63) is 0 Å². The van der Waals surface area contributed by atoms with Gasteiger partial charge in [-0.15, -0.1) is 0 Å². The molecule has 0 bridgehead atoms. The van der Waals surface area contributed by atoms with Crippen LogP contribution in [0.3, 0.4) is 0 Å². The summed E-state index contributed by atoms with van der Waals surface area (Å²) in [7, 11) is -3.45. The third-order valence-electron chi connectivity index (χ3n) is 6.94.